The first kappa shape index (κ1) is 12.6. The van der Waals surface area contributed by atoms with Crippen molar-refractivity contribution in [3.8, 4) is 0 Å². The highest BCUT2D eigenvalue weighted by Crippen LogP contribution is 2.39. The molecule has 6 heteroatoms. The molecule has 1 aliphatic heterocycles. The van der Waals surface area contributed by atoms with E-state index in [1.165, 1.54) is 18.2 Å². The van der Waals surface area contributed by atoms with Crippen molar-refractivity contribution in [3.05, 3.63) is 35.3 Å². The third-order valence-corrected chi connectivity index (χ3v) is 2.42. The Morgan fingerprint density at radius 2 is 2.28 bits per heavy atom. The van der Waals surface area contributed by atoms with Crippen LogP contribution in [0.5, 0.6) is 0 Å². The molecule has 0 bridgehead atoms. The number of hydrogen-bond acceptors (Lipinski definition) is 4. The zero-order valence-electron chi connectivity index (χ0n) is 9.74. The molecule has 0 fully saturated rings. The van der Waals surface area contributed by atoms with E-state index in [-0.39, 0.29) is 11.5 Å². The maximum absolute atomic E-state index is 12.8. The van der Waals surface area contributed by atoms with E-state index in [1.807, 2.05) is 0 Å². The van der Waals surface area contributed by atoms with Crippen LogP contribution in [0.4, 0.5) is 8.78 Å². The van der Waals surface area contributed by atoms with Crippen LogP contribution in [0, 0.1) is 0 Å². The summed E-state index contributed by atoms with van der Waals surface area (Å²) in [7, 11) is 0. The molecule has 0 N–H and O–H groups in total. The molecule has 0 saturated heterocycles. The molecule has 0 aromatic heterocycles. The molecule has 0 aromatic carbocycles. The van der Waals surface area contributed by atoms with Gasteiger partial charge in [0.2, 0.25) is 0 Å². The van der Waals surface area contributed by atoms with E-state index >= 15 is 0 Å². The van der Waals surface area contributed by atoms with E-state index < -0.39 is 12.3 Å². The Morgan fingerprint density at radius 1 is 1.50 bits per heavy atom. The molecule has 2 aliphatic rings. The third-order valence-electron chi connectivity index (χ3n) is 2.42. The van der Waals surface area contributed by atoms with Gasteiger partial charge in [0.15, 0.2) is 5.76 Å². The molecule has 0 saturated carbocycles. The van der Waals surface area contributed by atoms with Gasteiger partial charge in [0, 0.05) is 12.5 Å². The van der Waals surface area contributed by atoms with E-state index in [4.69, 9.17) is 4.74 Å². The van der Waals surface area contributed by atoms with Crippen LogP contribution in [0.15, 0.2) is 35.3 Å². The minimum absolute atomic E-state index is 0.0229. The molecule has 1 aliphatic carbocycles. The van der Waals surface area contributed by atoms with Crippen LogP contribution in [0.2, 0.25) is 0 Å². The molecule has 2 rings (SSSR count). The largest absolute Gasteiger partial charge is 0.585 e. The average molecular weight is 258 g/mol. The monoisotopic (exact) mass is 258 g/mol. The van der Waals surface area contributed by atoms with Gasteiger partial charge in [-0.2, -0.15) is 0 Å². The lowest BCUT2D eigenvalue weighted by Crippen LogP contribution is -2.16. The second kappa shape index (κ2) is 4.80. The van der Waals surface area contributed by atoms with Crippen molar-refractivity contribution in [1.29, 1.82) is 0 Å². The zero-order valence-corrected chi connectivity index (χ0v) is 9.74. The third kappa shape index (κ3) is 2.88. The zero-order chi connectivity index (χ0) is 13.2. The number of carbonyl (C=O) groups excluding carboxylic acids is 1. The van der Waals surface area contributed by atoms with Crippen LogP contribution < -0.4 is 0 Å². The molecule has 98 valence electrons. The Balaban J connectivity index is 2.03. The maximum atomic E-state index is 12.8. The van der Waals surface area contributed by atoms with Crippen LogP contribution in [-0.2, 0) is 19.0 Å². The van der Waals surface area contributed by atoms with Gasteiger partial charge in [-0.15, -0.1) is 8.78 Å². The SMILES string of the molecule is CCOC(=O)C=CC1=CC2=C(CC1)OC(F)(F)O2. The minimum atomic E-state index is -3.58. The number of halogens is 2. The van der Waals surface area contributed by atoms with Gasteiger partial charge >= 0.3 is 12.3 Å². The Hall–Kier alpha value is -1.85. The number of carbonyl (C=O) groups is 1. The second-order valence-electron chi connectivity index (χ2n) is 3.76. The lowest BCUT2D eigenvalue weighted by atomic mass is 10.0. The Kier molecular flexibility index (Phi) is 3.36. The van der Waals surface area contributed by atoms with Crippen molar-refractivity contribution < 1.29 is 27.8 Å². The van der Waals surface area contributed by atoms with Gasteiger partial charge in [0.05, 0.1) is 6.61 Å². The summed E-state index contributed by atoms with van der Waals surface area (Å²) in [6.45, 7) is 2.00. The molecular weight excluding hydrogens is 246 g/mol. The van der Waals surface area contributed by atoms with Crippen LogP contribution in [0.25, 0.3) is 0 Å². The standard InChI is InChI=1S/C12H12F2O4/c1-2-16-11(15)6-4-8-3-5-9-10(7-8)18-12(13,14)17-9/h4,6-7H,2-3,5H2,1H3. The summed E-state index contributed by atoms with van der Waals surface area (Å²) < 4.78 is 38.9. The molecule has 0 atom stereocenters. The quantitative estimate of drug-likeness (QED) is 0.576. The highest BCUT2D eigenvalue weighted by Gasteiger charge is 2.44. The molecule has 0 amide bonds. The lowest BCUT2D eigenvalue weighted by molar-refractivity contribution is -0.336. The fourth-order valence-electron chi connectivity index (χ4n) is 1.68. The lowest BCUT2D eigenvalue weighted by Gasteiger charge is -2.08. The number of allylic oxidation sites excluding steroid dienone is 4. The number of esters is 1. The molecule has 1 heterocycles. The fourth-order valence-corrected chi connectivity index (χ4v) is 1.68. The molecule has 0 radical (unpaired) electrons. The summed E-state index contributed by atoms with van der Waals surface area (Å²) in [5.41, 5.74) is 0.711. The van der Waals surface area contributed by atoms with Crippen LogP contribution in [0.1, 0.15) is 19.8 Å². The van der Waals surface area contributed by atoms with E-state index in [0.29, 0.717) is 25.0 Å². The topological polar surface area (TPSA) is 44.8 Å². The van der Waals surface area contributed by atoms with Crippen LogP contribution >= 0.6 is 0 Å². The number of hydrogen-bond donors (Lipinski definition) is 0. The highest BCUT2D eigenvalue weighted by atomic mass is 19.3. The van der Waals surface area contributed by atoms with Crippen molar-refractivity contribution in [2.45, 2.75) is 26.1 Å². The summed E-state index contributed by atoms with van der Waals surface area (Å²) in [5, 5.41) is 0. The first-order chi connectivity index (χ1) is 8.50. The molecule has 0 unspecified atom stereocenters. The van der Waals surface area contributed by atoms with Crippen LogP contribution in [-0.4, -0.2) is 18.9 Å². The minimum Gasteiger partial charge on any atom is -0.463 e. The summed E-state index contributed by atoms with van der Waals surface area (Å²) in [6.07, 6.45) is 1.48. The number of alkyl halides is 2. The normalized spacial score (nSPS) is 21.2. The molecule has 4 nitrogen and oxygen atoms in total. The molecular formula is C12H12F2O4. The van der Waals surface area contributed by atoms with Crippen molar-refractivity contribution in [1.82, 2.24) is 0 Å². The molecule has 0 spiro atoms. The van der Waals surface area contributed by atoms with Gasteiger partial charge in [-0.3, -0.25) is 0 Å². The van der Waals surface area contributed by atoms with E-state index in [1.54, 1.807) is 6.92 Å². The smallest absolute Gasteiger partial charge is 0.463 e. The van der Waals surface area contributed by atoms with Crippen LogP contribution in [0.3, 0.4) is 0 Å². The first-order valence-electron chi connectivity index (χ1n) is 5.54. The predicted molar refractivity (Wildman–Crippen MR) is 57.2 cm³/mol. The van der Waals surface area contributed by atoms with Crippen molar-refractivity contribution >= 4 is 5.97 Å². The van der Waals surface area contributed by atoms with Gasteiger partial charge in [-0.25, -0.2) is 4.79 Å². The maximum Gasteiger partial charge on any atom is 0.585 e. The first-order valence-corrected chi connectivity index (χ1v) is 5.54. The Morgan fingerprint density at radius 3 is 3.00 bits per heavy atom. The molecule has 18 heavy (non-hydrogen) atoms. The van der Waals surface area contributed by atoms with E-state index in [9.17, 15) is 13.6 Å². The summed E-state index contributed by atoms with van der Waals surface area (Å²) in [5.74, 6) is -0.296. The van der Waals surface area contributed by atoms with Crippen molar-refractivity contribution in [2.75, 3.05) is 6.61 Å². The Bertz CT molecular complexity index is 449. The second-order valence-corrected chi connectivity index (χ2v) is 3.76. The van der Waals surface area contributed by atoms with Gasteiger partial charge in [0.25, 0.3) is 0 Å². The molecule has 0 aromatic rings. The fraction of sp³-hybridized carbons (Fsp3) is 0.417. The van der Waals surface area contributed by atoms with Gasteiger partial charge in [-0.1, -0.05) is 6.08 Å². The van der Waals surface area contributed by atoms with E-state index in [2.05, 4.69) is 9.47 Å². The summed E-state index contributed by atoms with van der Waals surface area (Å²) in [6, 6.07) is 0. The van der Waals surface area contributed by atoms with Crippen molar-refractivity contribution in [3.63, 3.8) is 0 Å². The van der Waals surface area contributed by atoms with Gasteiger partial charge < -0.3 is 14.2 Å². The number of ether oxygens (including phenoxy) is 3. The predicted octanol–water partition coefficient (Wildman–Crippen LogP) is 2.63. The van der Waals surface area contributed by atoms with Gasteiger partial charge in [-0.05, 0) is 25.0 Å². The average Bonchev–Trinajstić information content (AvgIpc) is 2.59. The Labute approximate surface area is 103 Å². The van der Waals surface area contributed by atoms with E-state index in [0.717, 1.165) is 0 Å². The van der Waals surface area contributed by atoms with Gasteiger partial charge in [0.1, 0.15) is 5.76 Å². The van der Waals surface area contributed by atoms with Crippen molar-refractivity contribution in [2.24, 2.45) is 0 Å². The summed E-state index contributed by atoms with van der Waals surface area (Å²) >= 11 is 0. The summed E-state index contributed by atoms with van der Waals surface area (Å²) in [4.78, 5) is 11.1. The highest BCUT2D eigenvalue weighted by molar-refractivity contribution is 5.82. The number of rotatable bonds is 3.